The number of nitrogen functional groups attached to an aromatic ring is 1. The molecule has 0 fully saturated rings. The highest BCUT2D eigenvalue weighted by Crippen LogP contribution is 2.31. The Bertz CT molecular complexity index is 610. The van der Waals surface area contributed by atoms with Crippen LogP contribution in [0.2, 0.25) is 0 Å². The third kappa shape index (κ3) is 4.15. The molecule has 0 radical (unpaired) electrons. The third-order valence-electron chi connectivity index (χ3n) is 2.91. The lowest BCUT2D eigenvalue weighted by Gasteiger charge is -2.07. The minimum absolute atomic E-state index is 0.139. The molecule has 21 heavy (non-hydrogen) atoms. The maximum Gasteiger partial charge on any atom is 0.263 e. The van der Waals surface area contributed by atoms with Crippen LogP contribution in [0.4, 0.5) is 5.69 Å². The Labute approximate surface area is 128 Å². The quantitative estimate of drug-likeness (QED) is 0.771. The van der Waals surface area contributed by atoms with Gasteiger partial charge in [0.25, 0.3) is 5.91 Å². The van der Waals surface area contributed by atoms with E-state index in [1.807, 2.05) is 12.1 Å². The van der Waals surface area contributed by atoms with Crippen LogP contribution in [0.5, 0.6) is 0 Å². The van der Waals surface area contributed by atoms with Crippen LogP contribution in [-0.2, 0) is 4.74 Å². The molecule has 1 amide bonds. The number of pyridine rings is 1. The Morgan fingerprint density at radius 1 is 1.52 bits per heavy atom. The van der Waals surface area contributed by atoms with Gasteiger partial charge in [-0.25, -0.2) is 4.98 Å². The lowest BCUT2D eigenvalue weighted by Crippen LogP contribution is -2.25. The fraction of sp³-hybridized carbons (Fsp3) is 0.467. The van der Waals surface area contributed by atoms with Gasteiger partial charge >= 0.3 is 0 Å². The second-order valence-corrected chi connectivity index (χ2v) is 6.28. The topological polar surface area (TPSA) is 77.2 Å². The number of thiophene rings is 1. The van der Waals surface area contributed by atoms with Gasteiger partial charge in [0.15, 0.2) is 0 Å². The number of ether oxygens (including phenoxy) is 1. The second-order valence-electron chi connectivity index (χ2n) is 5.28. The maximum absolute atomic E-state index is 12.1. The molecule has 3 N–H and O–H groups in total. The molecule has 2 aromatic heterocycles. The Morgan fingerprint density at radius 2 is 2.33 bits per heavy atom. The van der Waals surface area contributed by atoms with Crippen molar-refractivity contribution in [3.63, 3.8) is 0 Å². The minimum Gasteiger partial charge on any atom is -0.397 e. The molecule has 5 nitrogen and oxygen atoms in total. The van der Waals surface area contributed by atoms with Gasteiger partial charge in [-0.15, -0.1) is 11.3 Å². The van der Waals surface area contributed by atoms with E-state index in [4.69, 9.17) is 10.5 Å². The molecule has 2 heterocycles. The highest BCUT2D eigenvalue weighted by atomic mass is 32.1. The number of nitrogens with zero attached hydrogens (tertiary/aromatic N) is 1. The van der Waals surface area contributed by atoms with Crippen molar-refractivity contribution in [1.29, 1.82) is 0 Å². The van der Waals surface area contributed by atoms with Gasteiger partial charge in [-0.2, -0.15) is 0 Å². The molecule has 2 aromatic rings. The summed E-state index contributed by atoms with van der Waals surface area (Å²) in [7, 11) is 0. The smallest absolute Gasteiger partial charge is 0.263 e. The fourth-order valence-electron chi connectivity index (χ4n) is 1.90. The first kappa shape index (κ1) is 15.7. The highest BCUT2D eigenvalue weighted by molar-refractivity contribution is 7.21. The molecule has 2 rings (SSSR count). The van der Waals surface area contributed by atoms with Crippen molar-refractivity contribution in [1.82, 2.24) is 10.3 Å². The highest BCUT2D eigenvalue weighted by Gasteiger charge is 2.16. The largest absolute Gasteiger partial charge is 0.397 e. The van der Waals surface area contributed by atoms with Crippen LogP contribution in [0.15, 0.2) is 18.3 Å². The van der Waals surface area contributed by atoms with Crippen LogP contribution in [-0.4, -0.2) is 30.6 Å². The molecule has 0 bridgehead atoms. The second kappa shape index (κ2) is 7.38. The Kier molecular flexibility index (Phi) is 5.52. The fourth-order valence-corrected chi connectivity index (χ4v) is 2.87. The summed E-state index contributed by atoms with van der Waals surface area (Å²) in [5.74, 6) is 0.393. The van der Waals surface area contributed by atoms with Crippen molar-refractivity contribution in [3.05, 3.63) is 23.2 Å². The molecule has 114 valence electrons. The molecule has 0 aromatic carbocycles. The van der Waals surface area contributed by atoms with E-state index in [1.54, 1.807) is 6.20 Å². The number of fused-ring (bicyclic) bond motifs is 1. The van der Waals surface area contributed by atoms with E-state index < -0.39 is 0 Å². The number of aromatic nitrogens is 1. The van der Waals surface area contributed by atoms with Gasteiger partial charge < -0.3 is 15.8 Å². The molecule has 0 spiro atoms. The molecule has 0 saturated heterocycles. The molecule has 6 heteroatoms. The number of amides is 1. The van der Waals surface area contributed by atoms with E-state index >= 15 is 0 Å². The normalized spacial score (nSPS) is 11.2. The van der Waals surface area contributed by atoms with Crippen molar-refractivity contribution in [3.8, 4) is 0 Å². The summed E-state index contributed by atoms with van der Waals surface area (Å²) in [6, 6.07) is 3.70. The van der Waals surface area contributed by atoms with Crippen molar-refractivity contribution < 1.29 is 9.53 Å². The van der Waals surface area contributed by atoms with Gasteiger partial charge in [0.05, 0.1) is 5.69 Å². The number of hydrogen-bond donors (Lipinski definition) is 2. The molecule has 0 unspecified atom stereocenters. The third-order valence-corrected chi connectivity index (χ3v) is 4.04. The van der Waals surface area contributed by atoms with Gasteiger partial charge in [0, 0.05) is 31.3 Å². The van der Waals surface area contributed by atoms with Crippen molar-refractivity contribution >= 4 is 33.1 Å². The lowest BCUT2D eigenvalue weighted by molar-refractivity contribution is 0.0929. The zero-order valence-electron chi connectivity index (χ0n) is 12.4. The van der Waals surface area contributed by atoms with Crippen LogP contribution < -0.4 is 11.1 Å². The van der Waals surface area contributed by atoms with Gasteiger partial charge in [-0.3, -0.25) is 4.79 Å². The first-order valence-electron chi connectivity index (χ1n) is 7.08. The number of rotatable bonds is 7. The first-order chi connectivity index (χ1) is 10.1. The van der Waals surface area contributed by atoms with Crippen LogP contribution in [0, 0.1) is 5.92 Å². The average molecular weight is 307 g/mol. The van der Waals surface area contributed by atoms with Crippen LogP contribution in [0.1, 0.15) is 29.9 Å². The summed E-state index contributed by atoms with van der Waals surface area (Å²) >= 11 is 1.32. The summed E-state index contributed by atoms with van der Waals surface area (Å²) < 4.78 is 5.47. The van der Waals surface area contributed by atoms with E-state index in [0.29, 0.717) is 29.6 Å². The average Bonchev–Trinajstić information content (AvgIpc) is 2.80. The summed E-state index contributed by atoms with van der Waals surface area (Å²) in [6.45, 7) is 6.21. The van der Waals surface area contributed by atoms with Gasteiger partial charge in [0.1, 0.15) is 9.71 Å². The predicted octanol–water partition coefficient (Wildman–Crippen LogP) is 2.67. The molecule has 0 aliphatic rings. The molecular formula is C15H21N3O2S. The number of carbonyl (C=O) groups is 1. The number of nitrogens with one attached hydrogen (secondary N) is 1. The zero-order chi connectivity index (χ0) is 15.2. The number of hydrogen-bond acceptors (Lipinski definition) is 5. The standard InChI is InChI=1S/C15H21N3O2S/c1-10(2)9-20-8-4-7-17-14(19)13-12(16)11-5-3-6-18-15(11)21-13/h3,5-6,10H,4,7-9,16H2,1-2H3,(H,17,19). The van der Waals surface area contributed by atoms with Crippen molar-refractivity contribution in [2.45, 2.75) is 20.3 Å². The van der Waals surface area contributed by atoms with Crippen LogP contribution in [0.25, 0.3) is 10.2 Å². The van der Waals surface area contributed by atoms with Crippen molar-refractivity contribution in [2.24, 2.45) is 5.92 Å². The van der Waals surface area contributed by atoms with E-state index in [-0.39, 0.29) is 5.91 Å². The van der Waals surface area contributed by atoms with E-state index in [2.05, 4.69) is 24.1 Å². The zero-order valence-corrected chi connectivity index (χ0v) is 13.2. The van der Waals surface area contributed by atoms with Crippen LogP contribution >= 0.6 is 11.3 Å². The number of nitrogens with two attached hydrogens (primary N) is 1. The Morgan fingerprint density at radius 3 is 3.05 bits per heavy atom. The van der Waals surface area contributed by atoms with E-state index in [0.717, 1.165) is 23.2 Å². The first-order valence-corrected chi connectivity index (χ1v) is 7.90. The monoisotopic (exact) mass is 307 g/mol. The number of carbonyl (C=O) groups excluding carboxylic acids is 1. The van der Waals surface area contributed by atoms with Gasteiger partial charge in [-0.1, -0.05) is 13.8 Å². The number of anilines is 1. The Balaban J connectivity index is 1.84. The summed E-state index contributed by atoms with van der Waals surface area (Å²) in [5, 5.41) is 3.71. The SMILES string of the molecule is CC(C)COCCCNC(=O)c1sc2ncccc2c1N. The predicted molar refractivity (Wildman–Crippen MR) is 86.6 cm³/mol. The lowest BCUT2D eigenvalue weighted by atomic mass is 10.2. The molecule has 0 aliphatic heterocycles. The van der Waals surface area contributed by atoms with Gasteiger partial charge in [-0.05, 0) is 24.5 Å². The van der Waals surface area contributed by atoms with Crippen LogP contribution in [0.3, 0.4) is 0 Å². The summed E-state index contributed by atoms with van der Waals surface area (Å²) in [4.78, 5) is 17.7. The van der Waals surface area contributed by atoms with E-state index in [1.165, 1.54) is 11.3 Å². The minimum atomic E-state index is -0.139. The van der Waals surface area contributed by atoms with Crippen molar-refractivity contribution in [2.75, 3.05) is 25.5 Å². The van der Waals surface area contributed by atoms with E-state index in [9.17, 15) is 4.79 Å². The van der Waals surface area contributed by atoms with Gasteiger partial charge in [0.2, 0.25) is 0 Å². The maximum atomic E-state index is 12.1. The molecular weight excluding hydrogens is 286 g/mol. The molecule has 0 aliphatic carbocycles. The summed E-state index contributed by atoms with van der Waals surface area (Å²) in [6.07, 6.45) is 2.49. The summed E-state index contributed by atoms with van der Waals surface area (Å²) in [5.41, 5.74) is 6.52. The molecule has 0 saturated carbocycles. The molecule has 0 atom stereocenters. The Hall–Kier alpha value is -1.66.